The molecule has 140 valence electrons. The Kier molecular flexibility index (Phi) is 6.29. The summed E-state index contributed by atoms with van der Waals surface area (Å²) in [7, 11) is 0. The summed E-state index contributed by atoms with van der Waals surface area (Å²) >= 11 is 0.913. The quantitative estimate of drug-likeness (QED) is 0.483. The first-order valence-corrected chi connectivity index (χ1v) is 9.61. The first kappa shape index (κ1) is 19.2. The van der Waals surface area contributed by atoms with Gasteiger partial charge in [0.15, 0.2) is 0 Å². The first-order valence-electron chi connectivity index (χ1n) is 8.79. The van der Waals surface area contributed by atoms with Crippen LogP contribution in [0.1, 0.15) is 30.9 Å². The molecule has 0 aromatic heterocycles. The number of imide groups is 1. The lowest BCUT2D eigenvalue weighted by Crippen LogP contribution is -2.27. The van der Waals surface area contributed by atoms with Gasteiger partial charge in [-0.1, -0.05) is 37.6 Å². The molecule has 4 nitrogen and oxygen atoms in total. The Labute approximate surface area is 162 Å². The summed E-state index contributed by atoms with van der Waals surface area (Å²) in [6, 6.07) is 13.2. The molecule has 0 spiro atoms. The van der Waals surface area contributed by atoms with E-state index in [1.54, 1.807) is 18.2 Å². The third-order valence-electron chi connectivity index (χ3n) is 4.07. The van der Waals surface area contributed by atoms with Crippen molar-refractivity contribution in [2.75, 3.05) is 6.61 Å². The summed E-state index contributed by atoms with van der Waals surface area (Å²) in [6.45, 7) is 2.92. The van der Waals surface area contributed by atoms with Gasteiger partial charge in [0.25, 0.3) is 11.1 Å². The Morgan fingerprint density at radius 1 is 1.07 bits per heavy atom. The monoisotopic (exact) mass is 385 g/mol. The van der Waals surface area contributed by atoms with Gasteiger partial charge in [0.1, 0.15) is 11.6 Å². The van der Waals surface area contributed by atoms with E-state index in [4.69, 9.17) is 4.74 Å². The summed E-state index contributed by atoms with van der Waals surface area (Å²) in [6.07, 6.45) is 3.78. The number of carbonyl (C=O) groups is 2. The third-order valence-corrected chi connectivity index (χ3v) is 4.98. The van der Waals surface area contributed by atoms with E-state index >= 15 is 0 Å². The van der Waals surface area contributed by atoms with Crippen LogP contribution in [0.3, 0.4) is 0 Å². The van der Waals surface area contributed by atoms with Crippen LogP contribution in [0, 0.1) is 5.82 Å². The third kappa shape index (κ3) is 4.98. The van der Waals surface area contributed by atoms with Crippen LogP contribution in [-0.2, 0) is 11.3 Å². The molecule has 2 amide bonds. The Bertz CT molecular complexity index is 847. The Morgan fingerprint density at radius 2 is 1.78 bits per heavy atom. The van der Waals surface area contributed by atoms with E-state index in [2.05, 4.69) is 6.92 Å². The van der Waals surface area contributed by atoms with Crippen molar-refractivity contribution in [1.29, 1.82) is 0 Å². The van der Waals surface area contributed by atoms with E-state index in [9.17, 15) is 14.0 Å². The lowest BCUT2D eigenvalue weighted by Gasteiger charge is -2.12. The largest absolute Gasteiger partial charge is 0.494 e. The van der Waals surface area contributed by atoms with Crippen molar-refractivity contribution in [2.45, 2.75) is 26.3 Å². The molecule has 0 aliphatic carbocycles. The molecule has 2 aromatic rings. The number of halogens is 1. The number of rotatable bonds is 7. The van der Waals surface area contributed by atoms with Gasteiger partial charge >= 0.3 is 0 Å². The van der Waals surface area contributed by atoms with E-state index in [1.807, 2.05) is 24.3 Å². The second-order valence-corrected chi connectivity index (χ2v) is 7.16. The average Bonchev–Trinajstić information content (AvgIpc) is 2.92. The number of benzene rings is 2. The van der Waals surface area contributed by atoms with Crippen molar-refractivity contribution in [3.8, 4) is 5.75 Å². The summed E-state index contributed by atoms with van der Waals surface area (Å²) in [5.74, 6) is 0.0949. The van der Waals surface area contributed by atoms with Crippen molar-refractivity contribution in [3.63, 3.8) is 0 Å². The van der Waals surface area contributed by atoms with Crippen LogP contribution in [0.5, 0.6) is 5.75 Å². The maximum Gasteiger partial charge on any atom is 0.293 e. The number of nitrogens with zero attached hydrogens (tertiary/aromatic N) is 1. The van der Waals surface area contributed by atoms with Gasteiger partial charge in [-0.25, -0.2) is 4.39 Å². The lowest BCUT2D eigenvalue weighted by atomic mass is 10.2. The fraction of sp³-hybridized carbons (Fsp3) is 0.238. The molecule has 1 fully saturated rings. The fourth-order valence-electron chi connectivity index (χ4n) is 2.55. The molecule has 1 aliphatic rings. The van der Waals surface area contributed by atoms with Gasteiger partial charge in [-0.2, -0.15) is 0 Å². The maximum absolute atomic E-state index is 13.0. The van der Waals surface area contributed by atoms with Gasteiger partial charge in [-0.3, -0.25) is 14.5 Å². The molecule has 0 saturated carbocycles. The fourth-order valence-corrected chi connectivity index (χ4v) is 3.39. The molecule has 1 saturated heterocycles. The topological polar surface area (TPSA) is 46.6 Å². The number of carbonyl (C=O) groups excluding carboxylic acids is 2. The van der Waals surface area contributed by atoms with Gasteiger partial charge in [0.2, 0.25) is 0 Å². The van der Waals surface area contributed by atoms with Gasteiger partial charge < -0.3 is 4.74 Å². The van der Waals surface area contributed by atoms with E-state index in [0.717, 1.165) is 35.9 Å². The molecule has 2 aromatic carbocycles. The first-order chi connectivity index (χ1) is 13.1. The van der Waals surface area contributed by atoms with Crippen LogP contribution in [-0.4, -0.2) is 22.7 Å². The van der Waals surface area contributed by atoms with Crippen molar-refractivity contribution < 1.29 is 18.7 Å². The van der Waals surface area contributed by atoms with Crippen molar-refractivity contribution in [2.24, 2.45) is 0 Å². The molecular formula is C21H20FNO3S. The van der Waals surface area contributed by atoms with E-state index in [0.29, 0.717) is 17.1 Å². The highest BCUT2D eigenvalue weighted by Gasteiger charge is 2.34. The van der Waals surface area contributed by atoms with Crippen LogP contribution in [0.2, 0.25) is 0 Å². The molecule has 0 unspecified atom stereocenters. The van der Waals surface area contributed by atoms with Crippen LogP contribution in [0.15, 0.2) is 53.4 Å². The molecule has 27 heavy (non-hydrogen) atoms. The van der Waals surface area contributed by atoms with Gasteiger partial charge in [0, 0.05) is 0 Å². The minimum atomic E-state index is -0.352. The number of hydrogen-bond donors (Lipinski definition) is 0. The molecule has 0 radical (unpaired) electrons. The molecule has 1 aliphatic heterocycles. The van der Waals surface area contributed by atoms with E-state index < -0.39 is 0 Å². The molecule has 0 bridgehead atoms. The van der Waals surface area contributed by atoms with Gasteiger partial charge in [-0.15, -0.1) is 0 Å². The Hall–Kier alpha value is -2.60. The highest BCUT2D eigenvalue weighted by Crippen LogP contribution is 2.33. The number of amides is 2. The second-order valence-electron chi connectivity index (χ2n) is 6.17. The summed E-state index contributed by atoms with van der Waals surface area (Å²) < 4.78 is 18.6. The molecular weight excluding hydrogens is 365 g/mol. The number of ether oxygens (including phenoxy) is 1. The normalized spacial score (nSPS) is 15.6. The zero-order chi connectivity index (χ0) is 19.2. The molecule has 3 rings (SSSR count). The molecule has 0 N–H and O–H groups in total. The van der Waals surface area contributed by atoms with Gasteiger partial charge in [0.05, 0.1) is 18.1 Å². The van der Waals surface area contributed by atoms with Crippen LogP contribution in [0.25, 0.3) is 6.08 Å². The Balaban J connectivity index is 1.67. The maximum atomic E-state index is 13.0. The number of thioether (sulfide) groups is 1. The summed E-state index contributed by atoms with van der Waals surface area (Å²) in [4.78, 5) is 26.3. The predicted octanol–water partition coefficient (Wildman–Crippen LogP) is 5.24. The number of unbranched alkanes of at least 4 members (excludes halogenated alkanes) is 1. The minimum Gasteiger partial charge on any atom is -0.494 e. The highest BCUT2D eigenvalue weighted by molar-refractivity contribution is 8.18. The smallest absolute Gasteiger partial charge is 0.293 e. The standard InChI is InChI=1S/C21H20FNO3S/c1-2-3-12-26-18-10-6-15(7-11-18)13-19-20(24)23(21(25)27-19)14-16-4-8-17(22)9-5-16/h4-11,13H,2-3,12,14H2,1H3/b19-13-. The predicted molar refractivity (Wildman–Crippen MR) is 105 cm³/mol. The average molecular weight is 385 g/mol. The van der Waals surface area contributed by atoms with E-state index in [1.165, 1.54) is 17.0 Å². The number of hydrogen-bond acceptors (Lipinski definition) is 4. The Morgan fingerprint density at radius 3 is 2.44 bits per heavy atom. The molecule has 6 heteroatoms. The zero-order valence-corrected chi connectivity index (χ0v) is 15.8. The molecule has 0 atom stereocenters. The minimum absolute atomic E-state index is 0.131. The van der Waals surface area contributed by atoms with Crippen molar-refractivity contribution >= 4 is 29.0 Å². The summed E-state index contributed by atoms with van der Waals surface area (Å²) in [5, 5.41) is -0.324. The second kappa shape index (κ2) is 8.86. The molecule has 1 heterocycles. The van der Waals surface area contributed by atoms with Crippen LogP contribution in [0.4, 0.5) is 9.18 Å². The zero-order valence-electron chi connectivity index (χ0n) is 15.0. The van der Waals surface area contributed by atoms with Crippen LogP contribution < -0.4 is 4.74 Å². The lowest BCUT2D eigenvalue weighted by molar-refractivity contribution is -0.123. The summed E-state index contributed by atoms with van der Waals surface area (Å²) in [5.41, 5.74) is 1.53. The van der Waals surface area contributed by atoms with Crippen molar-refractivity contribution in [3.05, 3.63) is 70.4 Å². The SMILES string of the molecule is CCCCOc1ccc(/C=C2\SC(=O)N(Cc3ccc(F)cc3)C2=O)cc1. The van der Waals surface area contributed by atoms with E-state index in [-0.39, 0.29) is 23.5 Å². The van der Waals surface area contributed by atoms with Crippen molar-refractivity contribution in [1.82, 2.24) is 4.90 Å². The van der Waals surface area contributed by atoms with Crippen LogP contribution >= 0.6 is 11.8 Å². The van der Waals surface area contributed by atoms with Gasteiger partial charge in [-0.05, 0) is 59.7 Å². The highest BCUT2D eigenvalue weighted by atomic mass is 32.2.